The largest absolute Gasteiger partial charge is 0.329 e. The minimum atomic E-state index is 0.531. The second kappa shape index (κ2) is 4.80. The van der Waals surface area contributed by atoms with E-state index in [1.54, 1.807) is 6.20 Å². The lowest BCUT2D eigenvalue weighted by atomic mass is 10.1. The fourth-order valence-electron chi connectivity index (χ4n) is 1.30. The molecule has 1 heterocycles. The van der Waals surface area contributed by atoms with Gasteiger partial charge in [-0.15, -0.1) is 0 Å². The Morgan fingerprint density at radius 2 is 2.38 bits per heavy atom. The van der Waals surface area contributed by atoms with Gasteiger partial charge in [0.1, 0.15) is 0 Å². The van der Waals surface area contributed by atoms with Gasteiger partial charge in [0.15, 0.2) is 12.1 Å². The molecule has 13 heavy (non-hydrogen) atoms. The highest BCUT2D eigenvalue weighted by molar-refractivity contribution is 5.69. The normalized spacial score (nSPS) is 10.7. The summed E-state index contributed by atoms with van der Waals surface area (Å²) < 4.78 is 1.90. The number of nitrogens with zero attached hydrogens (tertiary/aromatic N) is 2. The van der Waals surface area contributed by atoms with Gasteiger partial charge in [-0.3, -0.25) is 4.79 Å². The lowest BCUT2D eigenvalue weighted by molar-refractivity contribution is 0.111. The van der Waals surface area contributed by atoms with Crippen LogP contribution in [0.2, 0.25) is 0 Å². The monoisotopic (exact) mass is 180 g/mol. The van der Waals surface area contributed by atoms with Crippen LogP contribution >= 0.6 is 0 Å². The number of aryl methyl sites for hydroxylation is 1. The van der Waals surface area contributed by atoms with E-state index in [9.17, 15) is 4.79 Å². The Morgan fingerprint density at radius 1 is 1.62 bits per heavy atom. The van der Waals surface area contributed by atoms with Gasteiger partial charge in [-0.2, -0.15) is 0 Å². The van der Waals surface area contributed by atoms with Crippen molar-refractivity contribution in [3.63, 3.8) is 0 Å². The third-order valence-corrected chi connectivity index (χ3v) is 2.03. The van der Waals surface area contributed by atoms with Crippen molar-refractivity contribution < 1.29 is 4.79 Å². The zero-order valence-electron chi connectivity index (χ0n) is 8.23. The van der Waals surface area contributed by atoms with E-state index < -0.39 is 0 Å². The Balaban J connectivity index is 2.40. The Morgan fingerprint density at radius 3 is 3.00 bits per heavy atom. The SMILES string of the molecule is CC(C)CCCn1ccnc1C=O. The number of imidazole rings is 1. The molecule has 0 saturated heterocycles. The van der Waals surface area contributed by atoms with Crippen LogP contribution in [0, 0.1) is 5.92 Å². The molecule has 0 bridgehead atoms. The molecule has 0 N–H and O–H groups in total. The summed E-state index contributed by atoms with van der Waals surface area (Å²) in [6.45, 7) is 5.30. The molecule has 0 aliphatic carbocycles. The quantitative estimate of drug-likeness (QED) is 0.650. The molecule has 3 nitrogen and oxygen atoms in total. The minimum Gasteiger partial charge on any atom is -0.329 e. The number of carbonyl (C=O) groups is 1. The Labute approximate surface area is 78.8 Å². The number of carbonyl (C=O) groups excluding carboxylic acids is 1. The molecule has 0 fully saturated rings. The molecule has 1 aromatic heterocycles. The number of hydrogen-bond donors (Lipinski definition) is 0. The highest BCUT2D eigenvalue weighted by Crippen LogP contribution is 2.06. The molecule has 1 aromatic rings. The lowest BCUT2D eigenvalue weighted by Gasteiger charge is -2.05. The smallest absolute Gasteiger partial charge is 0.185 e. The zero-order chi connectivity index (χ0) is 9.68. The predicted molar refractivity (Wildman–Crippen MR) is 51.7 cm³/mol. The van der Waals surface area contributed by atoms with Crippen molar-refractivity contribution >= 4 is 6.29 Å². The summed E-state index contributed by atoms with van der Waals surface area (Å²) in [7, 11) is 0. The van der Waals surface area contributed by atoms with E-state index in [0.717, 1.165) is 25.2 Å². The second-order valence-corrected chi connectivity index (χ2v) is 3.63. The fraction of sp³-hybridized carbons (Fsp3) is 0.600. The van der Waals surface area contributed by atoms with Gasteiger partial charge in [0, 0.05) is 18.9 Å². The lowest BCUT2D eigenvalue weighted by Crippen LogP contribution is -2.03. The number of aromatic nitrogens is 2. The van der Waals surface area contributed by atoms with Crippen LogP contribution in [-0.2, 0) is 6.54 Å². The van der Waals surface area contributed by atoms with Gasteiger partial charge in [-0.25, -0.2) is 4.98 Å². The average molecular weight is 180 g/mol. The average Bonchev–Trinajstić information content (AvgIpc) is 2.51. The van der Waals surface area contributed by atoms with Gasteiger partial charge in [0.25, 0.3) is 0 Å². The molecule has 0 saturated carbocycles. The summed E-state index contributed by atoms with van der Waals surface area (Å²) >= 11 is 0. The summed E-state index contributed by atoms with van der Waals surface area (Å²) in [6, 6.07) is 0. The Hall–Kier alpha value is -1.12. The Kier molecular flexibility index (Phi) is 3.68. The van der Waals surface area contributed by atoms with Crippen molar-refractivity contribution in [1.82, 2.24) is 9.55 Å². The summed E-state index contributed by atoms with van der Waals surface area (Å²) in [5.41, 5.74) is 0. The van der Waals surface area contributed by atoms with Crippen molar-refractivity contribution in [1.29, 1.82) is 0 Å². The molecule has 0 amide bonds. The van der Waals surface area contributed by atoms with Crippen LogP contribution in [-0.4, -0.2) is 15.8 Å². The van der Waals surface area contributed by atoms with Gasteiger partial charge < -0.3 is 4.57 Å². The highest BCUT2D eigenvalue weighted by Gasteiger charge is 2.00. The molecule has 72 valence electrons. The van der Waals surface area contributed by atoms with E-state index in [0.29, 0.717) is 5.82 Å². The van der Waals surface area contributed by atoms with Gasteiger partial charge in [0.05, 0.1) is 0 Å². The summed E-state index contributed by atoms with van der Waals surface area (Å²) in [4.78, 5) is 14.4. The van der Waals surface area contributed by atoms with E-state index >= 15 is 0 Å². The third-order valence-electron chi connectivity index (χ3n) is 2.03. The van der Waals surface area contributed by atoms with E-state index in [2.05, 4.69) is 18.8 Å². The summed E-state index contributed by atoms with van der Waals surface area (Å²) in [6.07, 6.45) is 6.61. The van der Waals surface area contributed by atoms with Crippen LogP contribution in [0.1, 0.15) is 37.3 Å². The van der Waals surface area contributed by atoms with E-state index in [1.165, 1.54) is 6.42 Å². The van der Waals surface area contributed by atoms with E-state index in [4.69, 9.17) is 0 Å². The first-order valence-corrected chi connectivity index (χ1v) is 4.70. The van der Waals surface area contributed by atoms with Gasteiger partial charge >= 0.3 is 0 Å². The van der Waals surface area contributed by atoms with Crippen molar-refractivity contribution in [3.05, 3.63) is 18.2 Å². The van der Waals surface area contributed by atoms with E-state index in [-0.39, 0.29) is 0 Å². The molecule has 1 rings (SSSR count). The maximum atomic E-state index is 10.5. The van der Waals surface area contributed by atoms with Crippen LogP contribution < -0.4 is 0 Å². The van der Waals surface area contributed by atoms with Gasteiger partial charge in [-0.1, -0.05) is 13.8 Å². The van der Waals surface area contributed by atoms with Crippen LogP contribution in [0.25, 0.3) is 0 Å². The maximum Gasteiger partial charge on any atom is 0.185 e. The zero-order valence-corrected chi connectivity index (χ0v) is 8.23. The third kappa shape index (κ3) is 3.01. The first kappa shape index (κ1) is 9.96. The number of aldehydes is 1. The fourth-order valence-corrected chi connectivity index (χ4v) is 1.30. The molecule has 0 spiro atoms. The first-order chi connectivity index (χ1) is 6.24. The van der Waals surface area contributed by atoms with Crippen LogP contribution in [0.5, 0.6) is 0 Å². The minimum absolute atomic E-state index is 0.531. The van der Waals surface area contributed by atoms with E-state index in [1.807, 2.05) is 10.8 Å². The van der Waals surface area contributed by atoms with Crippen molar-refractivity contribution in [2.24, 2.45) is 5.92 Å². The van der Waals surface area contributed by atoms with Crippen molar-refractivity contribution in [2.45, 2.75) is 33.2 Å². The van der Waals surface area contributed by atoms with Gasteiger partial charge in [-0.05, 0) is 18.8 Å². The molecule has 0 aromatic carbocycles. The van der Waals surface area contributed by atoms with Gasteiger partial charge in [0.2, 0.25) is 0 Å². The highest BCUT2D eigenvalue weighted by atomic mass is 16.1. The van der Waals surface area contributed by atoms with Crippen LogP contribution in [0.4, 0.5) is 0 Å². The predicted octanol–water partition coefficient (Wildman–Crippen LogP) is 2.13. The topological polar surface area (TPSA) is 34.9 Å². The van der Waals surface area contributed by atoms with Crippen molar-refractivity contribution in [3.8, 4) is 0 Å². The van der Waals surface area contributed by atoms with Crippen LogP contribution in [0.15, 0.2) is 12.4 Å². The first-order valence-electron chi connectivity index (χ1n) is 4.70. The molecule has 0 atom stereocenters. The number of rotatable bonds is 5. The molecular weight excluding hydrogens is 164 g/mol. The summed E-state index contributed by atoms with van der Waals surface area (Å²) in [5, 5.41) is 0. The molecular formula is C10H16N2O. The van der Waals surface area contributed by atoms with Crippen molar-refractivity contribution in [2.75, 3.05) is 0 Å². The molecule has 3 heteroatoms. The molecule has 0 unspecified atom stereocenters. The standard InChI is InChI=1S/C10H16N2O/c1-9(2)4-3-6-12-7-5-11-10(12)8-13/h5,7-9H,3-4,6H2,1-2H3. The Bertz CT molecular complexity index is 266. The molecule has 0 aliphatic heterocycles. The maximum absolute atomic E-state index is 10.5. The number of hydrogen-bond acceptors (Lipinski definition) is 2. The molecule has 0 radical (unpaired) electrons. The van der Waals surface area contributed by atoms with Crippen LogP contribution in [0.3, 0.4) is 0 Å². The molecule has 0 aliphatic rings. The second-order valence-electron chi connectivity index (χ2n) is 3.63. The summed E-state index contributed by atoms with van der Waals surface area (Å²) in [5.74, 6) is 1.26.